The van der Waals surface area contributed by atoms with Crippen LogP contribution >= 0.6 is 23.2 Å². The summed E-state index contributed by atoms with van der Waals surface area (Å²) in [5.41, 5.74) is 2.38. The van der Waals surface area contributed by atoms with E-state index < -0.39 is 0 Å². The zero-order valence-corrected chi connectivity index (χ0v) is 12.7. The second kappa shape index (κ2) is 5.12. The van der Waals surface area contributed by atoms with Crippen molar-refractivity contribution < 1.29 is 0 Å². The van der Waals surface area contributed by atoms with Gasteiger partial charge in [-0.1, -0.05) is 41.4 Å². The predicted molar refractivity (Wildman–Crippen MR) is 86.9 cm³/mol. The van der Waals surface area contributed by atoms with Crippen molar-refractivity contribution in [1.29, 1.82) is 0 Å². The number of hydrogen-bond donors (Lipinski definition) is 2. The second-order valence-corrected chi connectivity index (χ2v) is 5.59. The fraction of sp³-hybridized carbons (Fsp3) is 0. The highest BCUT2D eigenvalue weighted by Gasteiger charge is 2.15. The Morgan fingerprint density at radius 3 is 2.64 bits per heavy atom. The van der Waals surface area contributed by atoms with Crippen LogP contribution in [0.25, 0.3) is 33.8 Å². The number of hydrogen-bond acceptors (Lipinski definition) is 3. The lowest BCUT2D eigenvalue weighted by Crippen LogP contribution is -1.83. The van der Waals surface area contributed by atoms with Gasteiger partial charge in [0.1, 0.15) is 5.69 Å². The van der Waals surface area contributed by atoms with Gasteiger partial charge >= 0.3 is 0 Å². The van der Waals surface area contributed by atoms with E-state index in [1.807, 2.05) is 24.3 Å². The van der Waals surface area contributed by atoms with E-state index in [2.05, 4.69) is 25.4 Å². The molecule has 0 spiro atoms. The first-order valence-electron chi connectivity index (χ1n) is 6.53. The summed E-state index contributed by atoms with van der Waals surface area (Å²) in [4.78, 5) is 4.49. The summed E-state index contributed by atoms with van der Waals surface area (Å²) in [6, 6.07) is 13.0. The molecule has 0 atom stereocenters. The monoisotopic (exact) mass is 329 g/mol. The lowest BCUT2D eigenvalue weighted by atomic mass is 10.2. The summed E-state index contributed by atoms with van der Waals surface area (Å²) in [5, 5.41) is 16.5. The Morgan fingerprint density at radius 2 is 1.77 bits per heavy atom. The zero-order chi connectivity index (χ0) is 15.1. The van der Waals surface area contributed by atoms with Gasteiger partial charge < -0.3 is 0 Å². The summed E-state index contributed by atoms with van der Waals surface area (Å²) in [5.74, 6) is 1.09. The molecule has 0 saturated heterocycles. The number of rotatable bonds is 2. The first-order chi connectivity index (χ1) is 10.7. The van der Waals surface area contributed by atoms with E-state index in [1.54, 1.807) is 18.2 Å². The Bertz CT molecular complexity index is 973. The fourth-order valence-electron chi connectivity index (χ4n) is 2.30. The number of fused-ring (bicyclic) bond motifs is 1. The van der Waals surface area contributed by atoms with Crippen LogP contribution in [-0.2, 0) is 0 Å². The van der Waals surface area contributed by atoms with Crippen LogP contribution in [-0.4, -0.2) is 25.4 Å². The van der Waals surface area contributed by atoms with Crippen molar-refractivity contribution in [2.45, 2.75) is 0 Å². The molecule has 4 aromatic rings. The first kappa shape index (κ1) is 13.3. The van der Waals surface area contributed by atoms with Gasteiger partial charge in [0.15, 0.2) is 11.6 Å². The van der Waals surface area contributed by atoms with Crippen molar-refractivity contribution in [3.63, 3.8) is 0 Å². The van der Waals surface area contributed by atoms with E-state index in [0.29, 0.717) is 27.3 Å². The van der Waals surface area contributed by atoms with Gasteiger partial charge in [0.25, 0.3) is 0 Å². The molecular weight excluding hydrogens is 321 g/mol. The molecule has 22 heavy (non-hydrogen) atoms. The minimum Gasteiger partial charge on any atom is -0.277 e. The van der Waals surface area contributed by atoms with Crippen LogP contribution in [0, 0.1) is 0 Å². The van der Waals surface area contributed by atoms with Crippen molar-refractivity contribution in [1.82, 2.24) is 25.4 Å². The molecule has 0 radical (unpaired) electrons. The maximum Gasteiger partial charge on any atom is 0.183 e. The number of nitrogens with one attached hydrogen (secondary N) is 2. The van der Waals surface area contributed by atoms with E-state index in [4.69, 9.17) is 23.2 Å². The molecule has 0 saturated carbocycles. The number of benzene rings is 2. The molecule has 5 nitrogen and oxygen atoms in total. The van der Waals surface area contributed by atoms with Gasteiger partial charge in [-0.15, -0.1) is 0 Å². The average molecular weight is 330 g/mol. The highest BCUT2D eigenvalue weighted by atomic mass is 35.5. The standard InChI is InChI=1S/C15H9Cl2N5/c16-8-5-6-9(11(17)7-8)14-18-15(22-21-14)13-10-3-1-2-4-12(10)19-20-13/h1-7H,(H,19,20)(H,18,21,22). The quantitative estimate of drug-likeness (QED) is 0.575. The molecule has 0 aliphatic rings. The molecule has 2 aromatic heterocycles. The topological polar surface area (TPSA) is 70.2 Å². The lowest BCUT2D eigenvalue weighted by molar-refractivity contribution is 1.07. The van der Waals surface area contributed by atoms with Gasteiger partial charge in [-0.25, -0.2) is 4.98 Å². The number of nitrogens with zero attached hydrogens (tertiary/aromatic N) is 3. The minimum atomic E-state index is 0.503. The van der Waals surface area contributed by atoms with Crippen LogP contribution in [0.5, 0.6) is 0 Å². The number of aromatic nitrogens is 5. The van der Waals surface area contributed by atoms with Crippen molar-refractivity contribution in [2.24, 2.45) is 0 Å². The smallest absolute Gasteiger partial charge is 0.183 e. The molecule has 7 heteroatoms. The van der Waals surface area contributed by atoms with Gasteiger partial charge in [-0.2, -0.15) is 10.2 Å². The Hall–Kier alpha value is -2.37. The number of aromatic amines is 2. The van der Waals surface area contributed by atoms with Crippen molar-refractivity contribution in [3.8, 4) is 22.9 Å². The van der Waals surface area contributed by atoms with E-state index in [0.717, 1.165) is 16.6 Å². The van der Waals surface area contributed by atoms with Gasteiger partial charge in [-0.3, -0.25) is 10.2 Å². The Labute approximate surface area is 135 Å². The van der Waals surface area contributed by atoms with Crippen molar-refractivity contribution in [3.05, 3.63) is 52.5 Å². The number of halogens is 2. The van der Waals surface area contributed by atoms with E-state index in [9.17, 15) is 0 Å². The SMILES string of the molecule is Clc1ccc(-c2n[nH]c(-c3n[nH]c4ccccc34)n2)c(Cl)c1. The van der Waals surface area contributed by atoms with E-state index in [1.165, 1.54) is 0 Å². The summed E-state index contributed by atoms with van der Waals surface area (Å²) >= 11 is 12.1. The van der Waals surface area contributed by atoms with Crippen LogP contribution in [0.1, 0.15) is 0 Å². The van der Waals surface area contributed by atoms with Gasteiger partial charge in [0, 0.05) is 16.0 Å². The second-order valence-electron chi connectivity index (χ2n) is 4.75. The maximum atomic E-state index is 6.19. The summed E-state index contributed by atoms with van der Waals surface area (Å²) < 4.78 is 0. The van der Waals surface area contributed by atoms with Gasteiger partial charge in [0.05, 0.1) is 10.5 Å². The van der Waals surface area contributed by atoms with Crippen LogP contribution in [0.2, 0.25) is 10.0 Å². The van der Waals surface area contributed by atoms with Crippen molar-refractivity contribution >= 4 is 34.1 Å². The van der Waals surface area contributed by atoms with E-state index >= 15 is 0 Å². The molecule has 0 aliphatic carbocycles. The Morgan fingerprint density at radius 1 is 0.909 bits per heavy atom. The normalized spacial score (nSPS) is 11.2. The molecule has 2 N–H and O–H groups in total. The zero-order valence-electron chi connectivity index (χ0n) is 11.1. The third-order valence-electron chi connectivity index (χ3n) is 3.35. The number of H-pyrrole nitrogens is 2. The number of para-hydroxylation sites is 1. The highest BCUT2D eigenvalue weighted by molar-refractivity contribution is 6.36. The molecule has 0 bridgehead atoms. The molecule has 2 aromatic carbocycles. The average Bonchev–Trinajstić information content (AvgIpc) is 3.13. The minimum absolute atomic E-state index is 0.503. The van der Waals surface area contributed by atoms with Crippen LogP contribution in [0.4, 0.5) is 0 Å². The Kier molecular flexibility index (Phi) is 3.10. The molecule has 108 valence electrons. The molecule has 0 unspecified atom stereocenters. The highest BCUT2D eigenvalue weighted by Crippen LogP contribution is 2.30. The van der Waals surface area contributed by atoms with Crippen molar-refractivity contribution in [2.75, 3.05) is 0 Å². The third-order valence-corrected chi connectivity index (χ3v) is 3.90. The lowest BCUT2D eigenvalue weighted by Gasteiger charge is -1.99. The van der Waals surface area contributed by atoms with Gasteiger partial charge in [0.2, 0.25) is 0 Å². The Balaban J connectivity index is 1.81. The molecule has 0 aliphatic heterocycles. The third kappa shape index (κ3) is 2.15. The van der Waals surface area contributed by atoms with Crippen LogP contribution in [0.3, 0.4) is 0 Å². The summed E-state index contributed by atoms with van der Waals surface area (Å²) in [7, 11) is 0. The van der Waals surface area contributed by atoms with Crippen LogP contribution in [0.15, 0.2) is 42.5 Å². The first-order valence-corrected chi connectivity index (χ1v) is 7.29. The molecular formula is C15H9Cl2N5. The molecule has 4 rings (SSSR count). The fourth-order valence-corrected chi connectivity index (χ4v) is 2.80. The largest absolute Gasteiger partial charge is 0.277 e. The predicted octanol–water partition coefficient (Wildman–Crippen LogP) is 4.32. The molecule has 0 fully saturated rings. The molecule has 0 amide bonds. The molecule has 2 heterocycles. The van der Waals surface area contributed by atoms with E-state index in [-0.39, 0.29) is 0 Å². The summed E-state index contributed by atoms with van der Waals surface area (Å²) in [6.07, 6.45) is 0. The van der Waals surface area contributed by atoms with Crippen LogP contribution < -0.4 is 0 Å². The maximum absolute atomic E-state index is 6.19. The summed E-state index contributed by atoms with van der Waals surface area (Å²) in [6.45, 7) is 0. The van der Waals surface area contributed by atoms with Gasteiger partial charge in [-0.05, 0) is 24.3 Å².